The summed E-state index contributed by atoms with van der Waals surface area (Å²) < 4.78 is 68.9. The van der Waals surface area contributed by atoms with Crippen LogP contribution in [0, 0.1) is 21.0 Å². The fourth-order valence-corrected chi connectivity index (χ4v) is 3.82. The van der Waals surface area contributed by atoms with Crippen LogP contribution in [0.25, 0.3) is 0 Å². The second-order valence-electron chi connectivity index (χ2n) is 6.79. The van der Waals surface area contributed by atoms with Gasteiger partial charge in [-0.15, -0.1) is 0 Å². The molecule has 1 aromatic heterocycles. The van der Waals surface area contributed by atoms with Crippen molar-refractivity contribution in [2.45, 2.75) is 6.42 Å². The molecule has 1 heterocycles. The zero-order chi connectivity index (χ0) is 23.6. The molecular formula is C20H16F3IN4O3S. The Kier molecular flexibility index (Phi) is 6.93. The van der Waals surface area contributed by atoms with Gasteiger partial charge in [0.05, 0.1) is 23.2 Å². The summed E-state index contributed by atoms with van der Waals surface area (Å²) in [6.45, 7) is 0. The number of sulfonamides is 1. The number of aromatic nitrogens is 1. The molecule has 7 nitrogen and oxygen atoms in total. The lowest BCUT2D eigenvalue weighted by Crippen LogP contribution is -2.15. The molecular weight excluding hydrogens is 560 g/mol. The fourth-order valence-electron chi connectivity index (χ4n) is 2.87. The van der Waals surface area contributed by atoms with Gasteiger partial charge in [0, 0.05) is 16.2 Å². The number of carbonyl (C=O) groups excluding carboxylic acids is 1. The van der Waals surface area contributed by atoms with Gasteiger partial charge in [-0.05, 0) is 70.1 Å². The number of hydrogen-bond donors (Lipinski definition) is 3. The molecule has 32 heavy (non-hydrogen) atoms. The molecule has 3 rings (SSSR count). The number of benzene rings is 2. The second-order valence-corrected chi connectivity index (χ2v) is 9.78. The number of rotatable bonds is 7. The SMILES string of the molecule is CS(=O)(=O)Nc1nccc(Cc2cc(C(N)=O)c(Nc3ccc(I)cc3F)cc2F)c1F. The van der Waals surface area contributed by atoms with E-state index in [-0.39, 0.29) is 34.5 Å². The van der Waals surface area contributed by atoms with Crippen molar-refractivity contribution in [1.29, 1.82) is 0 Å². The van der Waals surface area contributed by atoms with E-state index in [1.54, 1.807) is 6.07 Å². The van der Waals surface area contributed by atoms with Crippen molar-refractivity contribution in [3.8, 4) is 0 Å². The average Bonchev–Trinajstić information content (AvgIpc) is 2.67. The Hall–Kier alpha value is -2.87. The minimum atomic E-state index is -3.78. The summed E-state index contributed by atoms with van der Waals surface area (Å²) in [6, 6.07) is 7.65. The van der Waals surface area contributed by atoms with Crippen LogP contribution in [-0.4, -0.2) is 25.6 Å². The van der Waals surface area contributed by atoms with Gasteiger partial charge in [0.15, 0.2) is 11.6 Å². The normalized spacial score (nSPS) is 11.3. The first-order valence-electron chi connectivity index (χ1n) is 8.90. The van der Waals surface area contributed by atoms with Crippen LogP contribution in [0.3, 0.4) is 0 Å². The number of amides is 1. The maximum Gasteiger partial charge on any atom is 0.250 e. The highest BCUT2D eigenvalue weighted by Gasteiger charge is 2.19. The largest absolute Gasteiger partial charge is 0.366 e. The lowest BCUT2D eigenvalue weighted by atomic mass is 10.0. The minimum Gasteiger partial charge on any atom is -0.366 e. The number of carbonyl (C=O) groups is 1. The van der Waals surface area contributed by atoms with Crippen molar-refractivity contribution in [2.24, 2.45) is 5.73 Å². The summed E-state index contributed by atoms with van der Waals surface area (Å²) in [6.07, 6.45) is 1.67. The van der Waals surface area contributed by atoms with Crippen molar-refractivity contribution >= 4 is 55.7 Å². The zero-order valence-electron chi connectivity index (χ0n) is 16.4. The van der Waals surface area contributed by atoms with E-state index in [1.165, 1.54) is 18.2 Å². The number of nitrogens with two attached hydrogens (primary N) is 1. The Balaban J connectivity index is 1.98. The minimum absolute atomic E-state index is 0.0109. The third kappa shape index (κ3) is 5.68. The number of anilines is 3. The van der Waals surface area contributed by atoms with E-state index >= 15 is 0 Å². The number of pyridine rings is 1. The maximum atomic E-state index is 14.8. The first kappa shape index (κ1) is 23.8. The molecule has 0 aliphatic heterocycles. The lowest BCUT2D eigenvalue weighted by Gasteiger charge is -2.14. The Morgan fingerprint density at radius 1 is 1.06 bits per heavy atom. The van der Waals surface area contributed by atoms with Gasteiger partial charge in [-0.25, -0.2) is 26.6 Å². The van der Waals surface area contributed by atoms with E-state index in [1.807, 2.05) is 27.3 Å². The van der Waals surface area contributed by atoms with Crippen molar-refractivity contribution < 1.29 is 26.4 Å². The van der Waals surface area contributed by atoms with Gasteiger partial charge in [0.25, 0.3) is 5.91 Å². The van der Waals surface area contributed by atoms with Crippen LogP contribution in [-0.2, 0) is 16.4 Å². The van der Waals surface area contributed by atoms with Crippen molar-refractivity contribution in [2.75, 3.05) is 16.3 Å². The molecule has 1 amide bonds. The predicted molar refractivity (Wildman–Crippen MR) is 123 cm³/mol. The van der Waals surface area contributed by atoms with E-state index < -0.39 is 39.2 Å². The van der Waals surface area contributed by atoms with Crippen LogP contribution >= 0.6 is 22.6 Å². The lowest BCUT2D eigenvalue weighted by molar-refractivity contribution is 0.100. The van der Waals surface area contributed by atoms with Crippen molar-refractivity contribution in [3.05, 3.63) is 80.3 Å². The standard InChI is InChI=1S/C20H16F3IN4O3S/c1-32(30,31)28-20-18(23)10(4-5-26-20)6-11-7-13(19(25)29)17(9-14(11)21)27-16-3-2-12(24)8-15(16)22/h2-5,7-9,27H,6H2,1H3,(H2,25,29)(H,26,28). The molecule has 3 aromatic rings. The van der Waals surface area contributed by atoms with Crippen LogP contribution in [0.4, 0.5) is 30.4 Å². The summed E-state index contributed by atoms with van der Waals surface area (Å²) in [7, 11) is -3.78. The second kappa shape index (κ2) is 9.32. The Bertz CT molecular complexity index is 1320. The number of hydrogen-bond acceptors (Lipinski definition) is 5. The number of nitrogens with one attached hydrogen (secondary N) is 2. The third-order valence-electron chi connectivity index (χ3n) is 4.28. The number of halogens is 4. The van der Waals surface area contributed by atoms with Crippen molar-refractivity contribution in [3.63, 3.8) is 0 Å². The van der Waals surface area contributed by atoms with E-state index in [0.717, 1.165) is 24.6 Å². The first-order valence-corrected chi connectivity index (χ1v) is 11.9. The van der Waals surface area contributed by atoms with Crippen LogP contribution in [0.5, 0.6) is 0 Å². The van der Waals surface area contributed by atoms with Gasteiger partial charge >= 0.3 is 0 Å². The van der Waals surface area contributed by atoms with Gasteiger partial charge in [-0.3, -0.25) is 9.52 Å². The molecule has 0 saturated carbocycles. The van der Waals surface area contributed by atoms with Gasteiger partial charge in [0.2, 0.25) is 10.0 Å². The molecule has 12 heteroatoms. The van der Waals surface area contributed by atoms with Gasteiger partial charge in [-0.2, -0.15) is 0 Å². The molecule has 0 spiro atoms. The number of primary amides is 1. The molecule has 168 valence electrons. The van der Waals surface area contributed by atoms with Crippen LogP contribution in [0.15, 0.2) is 42.6 Å². The quantitative estimate of drug-likeness (QED) is 0.370. The molecule has 0 bridgehead atoms. The summed E-state index contributed by atoms with van der Waals surface area (Å²) in [4.78, 5) is 15.6. The van der Waals surface area contributed by atoms with E-state index in [4.69, 9.17) is 5.73 Å². The predicted octanol–water partition coefficient (Wildman–Crippen LogP) is 3.91. The Labute approximate surface area is 195 Å². The number of nitrogens with zero attached hydrogens (tertiary/aromatic N) is 1. The van der Waals surface area contributed by atoms with Crippen molar-refractivity contribution in [1.82, 2.24) is 4.98 Å². The zero-order valence-corrected chi connectivity index (χ0v) is 19.4. The maximum absolute atomic E-state index is 14.8. The highest BCUT2D eigenvalue weighted by atomic mass is 127. The molecule has 0 saturated heterocycles. The molecule has 0 atom stereocenters. The molecule has 0 aliphatic carbocycles. The monoisotopic (exact) mass is 576 g/mol. The van der Waals surface area contributed by atoms with Crippen LogP contribution < -0.4 is 15.8 Å². The van der Waals surface area contributed by atoms with E-state index in [9.17, 15) is 26.4 Å². The molecule has 2 aromatic carbocycles. The molecule has 0 unspecified atom stereocenters. The molecule has 0 fully saturated rings. The van der Waals surface area contributed by atoms with Gasteiger partial charge in [0.1, 0.15) is 11.6 Å². The first-order chi connectivity index (χ1) is 14.9. The molecule has 4 N–H and O–H groups in total. The summed E-state index contributed by atoms with van der Waals surface area (Å²) in [5.74, 6) is -3.85. The highest BCUT2D eigenvalue weighted by molar-refractivity contribution is 14.1. The molecule has 0 aliphatic rings. The average molecular weight is 576 g/mol. The summed E-state index contributed by atoms with van der Waals surface area (Å²) >= 11 is 1.93. The third-order valence-corrected chi connectivity index (χ3v) is 5.52. The fraction of sp³-hybridized carbons (Fsp3) is 0.100. The van der Waals surface area contributed by atoms with Crippen LogP contribution in [0.1, 0.15) is 21.5 Å². The van der Waals surface area contributed by atoms with Gasteiger partial charge < -0.3 is 11.1 Å². The highest BCUT2D eigenvalue weighted by Crippen LogP contribution is 2.29. The Morgan fingerprint density at radius 2 is 1.78 bits per heavy atom. The smallest absolute Gasteiger partial charge is 0.250 e. The summed E-state index contributed by atoms with van der Waals surface area (Å²) in [5, 5.41) is 2.65. The molecule has 0 radical (unpaired) electrons. The van der Waals surface area contributed by atoms with E-state index in [2.05, 4.69) is 10.3 Å². The van der Waals surface area contributed by atoms with Gasteiger partial charge in [-0.1, -0.05) is 0 Å². The van der Waals surface area contributed by atoms with Crippen LogP contribution in [0.2, 0.25) is 0 Å². The topological polar surface area (TPSA) is 114 Å². The van der Waals surface area contributed by atoms with E-state index in [0.29, 0.717) is 3.57 Å². The Morgan fingerprint density at radius 3 is 2.41 bits per heavy atom. The summed E-state index contributed by atoms with van der Waals surface area (Å²) in [5.41, 5.74) is 5.08.